The fourth-order valence-electron chi connectivity index (χ4n) is 2.15. The Kier molecular flexibility index (Phi) is 4.74. The predicted molar refractivity (Wildman–Crippen MR) is 84.0 cm³/mol. The molecule has 0 aliphatic heterocycles. The molecule has 3 rings (SSSR count). The molecule has 0 spiro atoms. The van der Waals surface area contributed by atoms with Crippen molar-refractivity contribution < 1.29 is 26.8 Å². The van der Waals surface area contributed by atoms with Crippen molar-refractivity contribution in [2.75, 3.05) is 19.0 Å². The third-order valence-corrected chi connectivity index (χ3v) is 3.28. The molecular formula is C16H12F4N4O2. The molecule has 0 radical (unpaired) electrons. The largest absolute Gasteiger partial charge is 0.481 e. The van der Waals surface area contributed by atoms with E-state index in [1.807, 2.05) is 0 Å². The molecule has 0 atom stereocenters. The molecule has 1 N–H and O–H groups in total. The van der Waals surface area contributed by atoms with Gasteiger partial charge in [0.15, 0.2) is 18.2 Å². The van der Waals surface area contributed by atoms with Gasteiger partial charge in [-0.15, -0.1) is 0 Å². The summed E-state index contributed by atoms with van der Waals surface area (Å²) in [6.45, 7) is -1.58. The first-order valence-electron chi connectivity index (χ1n) is 7.33. The standard InChI is InChI=1S/C16H12F4N4O2/c1-21-13-10(3-2-6-22-13)14-23-15(26-24-14)9-4-5-12(11(17)7-9)25-8-16(18,19)20/h2-7H,8H2,1H3,(H,21,22). The lowest BCUT2D eigenvalue weighted by atomic mass is 10.2. The van der Waals surface area contributed by atoms with Gasteiger partial charge in [-0.1, -0.05) is 5.16 Å². The molecule has 0 aliphatic carbocycles. The van der Waals surface area contributed by atoms with E-state index in [0.717, 1.165) is 12.1 Å². The molecule has 0 bridgehead atoms. The van der Waals surface area contributed by atoms with Crippen molar-refractivity contribution >= 4 is 5.82 Å². The second-order valence-corrected chi connectivity index (χ2v) is 5.12. The maximum Gasteiger partial charge on any atom is 0.422 e. The Morgan fingerprint density at radius 1 is 1.23 bits per heavy atom. The lowest BCUT2D eigenvalue weighted by molar-refractivity contribution is -0.153. The molecule has 0 amide bonds. The maximum atomic E-state index is 14.0. The highest BCUT2D eigenvalue weighted by Gasteiger charge is 2.29. The molecule has 136 valence electrons. The second kappa shape index (κ2) is 6.98. The van der Waals surface area contributed by atoms with Crippen LogP contribution in [0.2, 0.25) is 0 Å². The molecule has 1 aromatic carbocycles. The van der Waals surface area contributed by atoms with E-state index in [-0.39, 0.29) is 17.3 Å². The molecule has 0 saturated carbocycles. The SMILES string of the molecule is CNc1ncccc1-c1noc(-c2ccc(OCC(F)(F)F)c(F)c2)n1. The van der Waals surface area contributed by atoms with Crippen LogP contribution < -0.4 is 10.1 Å². The Bertz CT molecular complexity index is 911. The second-order valence-electron chi connectivity index (χ2n) is 5.12. The van der Waals surface area contributed by atoms with E-state index >= 15 is 0 Å². The van der Waals surface area contributed by atoms with Crippen molar-refractivity contribution in [1.29, 1.82) is 0 Å². The summed E-state index contributed by atoms with van der Waals surface area (Å²) in [7, 11) is 1.68. The number of benzene rings is 1. The van der Waals surface area contributed by atoms with Gasteiger partial charge in [-0.2, -0.15) is 18.2 Å². The molecule has 2 aromatic heterocycles. The van der Waals surface area contributed by atoms with E-state index in [1.165, 1.54) is 6.07 Å². The number of hydrogen-bond donors (Lipinski definition) is 1. The molecule has 0 fully saturated rings. The number of halogens is 4. The van der Waals surface area contributed by atoms with Gasteiger partial charge in [-0.3, -0.25) is 0 Å². The lowest BCUT2D eigenvalue weighted by Gasteiger charge is -2.09. The number of alkyl halides is 3. The van der Waals surface area contributed by atoms with Gasteiger partial charge in [-0.05, 0) is 30.3 Å². The first-order valence-corrected chi connectivity index (χ1v) is 7.33. The van der Waals surface area contributed by atoms with E-state index < -0.39 is 24.3 Å². The fourth-order valence-corrected chi connectivity index (χ4v) is 2.15. The van der Waals surface area contributed by atoms with E-state index in [2.05, 4.69) is 25.2 Å². The Morgan fingerprint density at radius 3 is 2.73 bits per heavy atom. The van der Waals surface area contributed by atoms with Gasteiger partial charge in [0.1, 0.15) is 5.82 Å². The van der Waals surface area contributed by atoms with Gasteiger partial charge in [0.25, 0.3) is 5.89 Å². The van der Waals surface area contributed by atoms with Gasteiger partial charge in [-0.25, -0.2) is 9.37 Å². The third kappa shape index (κ3) is 3.90. The summed E-state index contributed by atoms with van der Waals surface area (Å²) in [5.74, 6) is -0.719. The molecule has 26 heavy (non-hydrogen) atoms. The number of rotatable bonds is 5. The maximum absolute atomic E-state index is 14.0. The minimum Gasteiger partial charge on any atom is -0.481 e. The van der Waals surface area contributed by atoms with Crippen molar-refractivity contribution in [3.63, 3.8) is 0 Å². The number of nitrogens with zero attached hydrogens (tertiary/aromatic N) is 3. The quantitative estimate of drug-likeness (QED) is 0.688. The number of aromatic nitrogens is 3. The van der Waals surface area contributed by atoms with Gasteiger partial charge < -0.3 is 14.6 Å². The van der Waals surface area contributed by atoms with Gasteiger partial charge in [0, 0.05) is 18.8 Å². The number of hydrogen-bond acceptors (Lipinski definition) is 6. The Morgan fingerprint density at radius 2 is 2.04 bits per heavy atom. The van der Waals surface area contributed by atoms with E-state index in [9.17, 15) is 17.6 Å². The van der Waals surface area contributed by atoms with Gasteiger partial charge >= 0.3 is 6.18 Å². The monoisotopic (exact) mass is 368 g/mol. The zero-order chi connectivity index (χ0) is 18.7. The first kappa shape index (κ1) is 17.6. The zero-order valence-electron chi connectivity index (χ0n) is 13.3. The number of ether oxygens (including phenoxy) is 1. The van der Waals surface area contributed by atoms with Crippen LogP contribution in [-0.4, -0.2) is 35.0 Å². The Labute approximate surface area is 144 Å². The number of pyridine rings is 1. The smallest absolute Gasteiger partial charge is 0.422 e. The average molecular weight is 368 g/mol. The van der Waals surface area contributed by atoms with Crippen LogP contribution in [0.1, 0.15) is 0 Å². The Hall–Kier alpha value is -3.17. The van der Waals surface area contributed by atoms with Crippen molar-refractivity contribution in [3.8, 4) is 28.6 Å². The fraction of sp³-hybridized carbons (Fsp3) is 0.188. The summed E-state index contributed by atoms with van der Waals surface area (Å²) in [5, 5.41) is 6.71. The van der Waals surface area contributed by atoms with E-state index in [0.29, 0.717) is 11.4 Å². The van der Waals surface area contributed by atoms with Crippen LogP contribution in [0.5, 0.6) is 5.75 Å². The highest BCUT2D eigenvalue weighted by Crippen LogP contribution is 2.29. The summed E-state index contributed by atoms with van der Waals surface area (Å²) >= 11 is 0. The minimum atomic E-state index is -4.55. The van der Waals surface area contributed by atoms with Crippen molar-refractivity contribution in [2.45, 2.75) is 6.18 Å². The third-order valence-electron chi connectivity index (χ3n) is 3.28. The Balaban J connectivity index is 1.84. The summed E-state index contributed by atoms with van der Waals surface area (Å²) in [4.78, 5) is 8.29. The molecule has 0 saturated heterocycles. The molecule has 10 heteroatoms. The van der Waals surface area contributed by atoms with E-state index in [4.69, 9.17) is 4.52 Å². The molecule has 2 heterocycles. The lowest BCUT2D eigenvalue weighted by Crippen LogP contribution is -2.19. The van der Waals surface area contributed by atoms with Crippen LogP contribution in [0.25, 0.3) is 22.8 Å². The van der Waals surface area contributed by atoms with Crippen LogP contribution in [0, 0.1) is 5.82 Å². The number of nitrogens with one attached hydrogen (secondary N) is 1. The highest BCUT2D eigenvalue weighted by molar-refractivity contribution is 5.70. The van der Waals surface area contributed by atoms with Crippen LogP contribution in [0.15, 0.2) is 41.1 Å². The average Bonchev–Trinajstić information content (AvgIpc) is 3.09. The van der Waals surface area contributed by atoms with Crippen LogP contribution in [0.3, 0.4) is 0 Å². The van der Waals surface area contributed by atoms with Gasteiger partial charge in [0.2, 0.25) is 5.82 Å². The summed E-state index contributed by atoms with van der Waals surface area (Å²) in [6, 6.07) is 6.78. The zero-order valence-corrected chi connectivity index (χ0v) is 13.3. The summed E-state index contributed by atoms with van der Waals surface area (Å²) in [5.41, 5.74) is 0.783. The molecule has 0 aliphatic rings. The first-order chi connectivity index (χ1) is 12.4. The number of anilines is 1. The van der Waals surface area contributed by atoms with Crippen LogP contribution >= 0.6 is 0 Å². The van der Waals surface area contributed by atoms with Gasteiger partial charge in [0.05, 0.1) is 5.56 Å². The molecule has 6 nitrogen and oxygen atoms in total. The van der Waals surface area contributed by atoms with Crippen molar-refractivity contribution in [3.05, 3.63) is 42.3 Å². The topological polar surface area (TPSA) is 73.1 Å². The van der Waals surface area contributed by atoms with E-state index in [1.54, 1.807) is 25.4 Å². The highest BCUT2D eigenvalue weighted by atomic mass is 19.4. The summed E-state index contributed by atoms with van der Waals surface area (Å²) in [6.07, 6.45) is -2.97. The predicted octanol–water partition coefficient (Wildman–Crippen LogP) is 3.92. The van der Waals surface area contributed by atoms with Crippen LogP contribution in [-0.2, 0) is 0 Å². The molecule has 3 aromatic rings. The van der Waals surface area contributed by atoms with Crippen molar-refractivity contribution in [2.24, 2.45) is 0 Å². The van der Waals surface area contributed by atoms with Crippen LogP contribution in [0.4, 0.5) is 23.4 Å². The van der Waals surface area contributed by atoms with Crippen molar-refractivity contribution in [1.82, 2.24) is 15.1 Å². The normalized spacial score (nSPS) is 11.4. The minimum absolute atomic E-state index is 0.00665. The summed E-state index contributed by atoms with van der Waals surface area (Å²) < 4.78 is 59.9. The molecule has 0 unspecified atom stereocenters. The molecular weight excluding hydrogens is 356 g/mol.